The number of carbonyl (C=O) groups excluding carboxylic acids is 4. The molecule has 3 atom stereocenters. The molecule has 0 aliphatic heterocycles. The monoisotopic (exact) mass is 641 g/mol. The van der Waals surface area contributed by atoms with E-state index < -0.39 is 41.8 Å². The van der Waals surface area contributed by atoms with Crippen LogP contribution in [-0.4, -0.2) is 59.7 Å². The molecule has 3 aromatic rings. The van der Waals surface area contributed by atoms with Crippen molar-refractivity contribution in [1.82, 2.24) is 20.9 Å². The molecule has 3 rings (SSSR count). The van der Waals surface area contributed by atoms with Crippen molar-refractivity contribution in [2.75, 3.05) is 13.1 Å². The topological polar surface area (TPSA) is 256 Å². The van der Waals surface area contributed by atoms with Crippen molar-refractivity contribution in [2.45, 2.75) is 56.8 Å². The summed E-state index contributed by atoms with van der Waals surface area (Å²) in [6.07, 6.45) is 4.87. The second kappa shape index (κ2) is 18.0. The molecule has 1 aromatic carbocycles. The second-order valence-corrected chi connectivity index (χ2v) is 10.9. The van der Waals surface area contributed by atoms with Gasteiger partial charge in [-0.1, -0.05) is 18.2 Å². The van der Waals surface area contributed by atoms with Gasteiger partial charge in [0.15, 0.2) is 12.6 Å². The molecule has 0 fully saturated rings. The summed E-state index contributed by atoms with van der Waals surface area (Å²) in [7, 11) is 0. The molecule has 11 N–H and O–H groups in total. The van der Waals surface area contributed by atoms with Crippen LogP contribution in [0.15, 0.2) is 63.6 Å². The zero-order valence-corrected chi connectivity index (χ0v) is 25.5. The number of carbonyl (C=O) groups is 4. The fourth-order valence-electron chi connectivity index (χ4n) is 4.23. The number of nitrogens with one attached hydrogen (secondary N) is 3. The normalized spacial score (nSPS) is 12.7. The maximum absolute atomic E-state index is 13.5. The van der Waals surface area contributed by atoms with E-state index in [0.29, 0.717) is 47.9 Å². The number of aromatic nitrogens is 1. The summed E-state index contributed by atoms with van der Waals surface area (Å²) in [5.74, 6) is -1.66. The number of hydrogen-bond donors (Lipinski definition) is 7. The Bertz CT molecular complexity index is 1390. The lowest BCUT2D eigenvalue weighted by molar-refractivity contribution is -0.132. The van der Waals surface area contributed by atoms with Gasteiger partial charge in [-0.25, -0.2) is 4.98 Å². The highest BCUT2D eigenvalue weighted by Crippen LogP contribution is 2.19. The minimum atomic E-state index is -1.19. The Labute approximate surface area is 264 Å². The van der Waals surface area contributed by atoms with Gasteiger partial charge in [0.2, 0.25) is 23.6 Å². The third-order valence-electron chi connectivity index (χ3n) is 6.52. The fourth-order valence-corrected chi connectivity index (χ4v) is 4.86. The van der Waals surface area contributed by atoms with Crippen LogP contribution < -0.4 is 43.6 Å². The van der Waals surface area contributed by atoms with E-state index >= 15 is 0 Å². The molecule has 2 aromatic heterocycles. The highest BCUT2D eigenvalue weighted by molar-refractivity contribution is 7.12. The number of ether oxygens (including phenoxy) is 1. The first-order valence-corrected chi connectivity index (χ1v) is 15.2. The third-order valence-corrected chi connectivity index (χ3v) is 7.39. The van der Waals surface area contributed by atoms with Crippen LogP contribution in [0.2, 0.25) is 0 Å². The van der Waals surface area contributed by atoms with Gasteiger partial charge in [-0.05, 0) is 67.8 Å². The highest BCUT2D eigenvalue weighted by atomic mass is 32.1. The van der Waals surface area contributed by atoms with Gasteiger partial charge in [0.1, 0.15) is 30.1 Å². The summed E-state index contributed by atoms with van der Waals surface area (Å²) in [5.41, 5.74) is 22.5. The Hall–Kier alpha value is -4.96. The van der Waals surface area contributed by atoms with E-state index in [1.165, 1.54) is 23.8 Å². The number of nitrogens with two attached hydrogens (primary N) is 4. The van der Waals surface area contributed by atoms with E-state index in [9.17, 15) is 19.2 Å². The Kier molecular flexibility index (Phi) is 13.8. The Morgan fingerprint density at radius 2 is 1.64 bits per heavy atom. The van der Waals surface area contributed by atoms with Crippen molar-refractivity contribution in [3.8, 4) is 5.75 Å². The molecule has 2 heterocycles. The van der Waals surface area contributed by atoms with Gasteiger partial charge in [0.25, 0.3) is 5.91 Å². The summed E-state index contributed by atoms with van der Waals surface area (Å²) in [6, 6.07) is 6.54. The van der Waals surface area contributed by atoms with Crippen molar-refractivity contribution in [2.24, 2.45) is 27.9 Å². The number of aliphatic imine (C=N–C) groups is 1. The first-order valence-electron chi connectivity index (χ1n) is 14.3. The molecule has 0 radical (unpaired) electrons. The molecule has 4 amide bonds. The smallest absolute Gasteiger partial charge is 0.261 e. The summed E-state index contributed by atoms with van der Waals surface area (Å²) >= 11 is 1.23. The Morgan fingerprint density at radius 1 is 0.933 bits per heavy atom. The standard InChI is InChI=1S/C29H39N9O6S/c30-12-2-1-5-20(36-26(40)21(6-3-13-35-29(32)33)37-28(42)22-7-4-16-45-22)27(41)38-24(25(31)39)18-8-10-19(11-9-18)44-17-23-34-14-15-43-23/h4,7-11,14-16,20-21,24H,1-3,5-6,12-13,17,30H2,(H2,31,39)(H,36,40)(H,37,42)(H,38,41)(H4,32,33,35)/t20-,21-,24-/m0/s1. The lowest BCUT2D eigenvalue weighted by Crippen LogP contribution is -2.54. The van der Waals surface area contributed by atoms with E-state index in [0.717, 1.165) is 0 Å². The van der Waals surface area contributed by atoms with Crippen LogP contribution in [0.3, 0.4) is 0 Å². The lowest BCUT2D eigenvalue weighted by Gasteiger charge is -2.25. The number of unbranched alkanes of at least 4 members (excludes halogenated alkanes) is 1. The highest BCUT2D eigenvalue weighted by Gasteiger charge is 2.29. The fraction of sp³-hybridized carbons (Fsp3) is 0.379. The summed E-state index contributed by atoms with van der Waals surface area (Å²) in [6.45, 7) is 0.738. The maximum Gasteiger partial charge on any atom is 0.261 e. The number of rotatable bonds is 19. The molecule has 0 saturated carbocycles. The molecule has 16 heteroatoms. The number of thiophene rings is 1. The SMILES string of the molecule is NCCCC[C@H](NC(=O)[C@H](CCCN=C(N)N)NC(=O)c1cccs1)C(=O)N[C@H](C(N)=O)c1ccc(OCc2ncco2)cc1. The largest absolute Gasteiger partial charge is 0.484 e. The minimum absolute atomic E-state index is 0.0902. The molecular formula is C29H39N9O6S. The van der Waals surface area contributed by atoms with Gasteiger partial charge < -0.3 is 48.0 Å². The van der Waals surface area contributed by atoms with Gasteiger partial charge >= 0.3 is 0 Å². The average Bonchev–Trinajstić information content (AvgIpc) is 3.75. The second-order valence-electron chi connectivity index (χ2n) is 9.93. The van der Waals surface area contributed by atoms with E-state index in [1.54, 1.807) is 41.8 Å². The predicted molar refractivity (Wildman–Crippen MR) is 168 cm³/mol. The molecular weight excluding hydrogens is 602 g/mol. The quantitative estimate of drug-likeness (QED) is 0.0539. The first kappa shape index (κ1) is 34.5. The van der Waals surface area contributed by atoms with Crippen LogP contribution in [0.1, 0.15) is 59.3 Å². The van der Waals surface area contributed by atoms with Crippen LogP contribution >= 0.6 is 11.3 Å². The Morgan fingerprint density at radius 3 is 2.27 bits per heavy atom. The van der Waals surface area contributed by atoms with Gasteiger partial charge in [-0.15, -0.1) is 11.3 Å². The molecule has 0 saturated heterocycles. The number of hydrogen-bond acceptors (Lipinski definition) is 10. The van der Waals surface area contributed by atoms with Gasteiger partial charge in [-0.2, -0.15) is 0 Å². The number of guanidine groups is 1. The van der Waals surface area contributed by atoms with Crippen molar-refractivity contribution in [3.05, 3.63) is 70.6 Å². The maximum atomic E-state index is 13.5. The molecule has 45 heavy (non-hydrogen) atoms. The van der Waals surface area contributed by atoms with Crippen molar-refractivity contribution >= 4 is 40.9 Å². The molecule has 0 spiro atoms. The van der Waals surface area contributed by atoms with E-state index in [4.69, 9.17) is 32.1 Å². The molecule has 15 nitrogen and oxygen atoms in total. The number of benzene rings is 1. The van der Waals surface area contributed by atoms with E-state index in [2.05, 4.69) is 25.9 Å². The zero-order valence-electron chi connectivity index (χ0n) is 24.6. The first-order chi connectivity index (χ1) is 21.7. The summed E-state index contributed by atoms with van der Waals surface area (Å²) in [5, 5.41) is 9.86. The number of oxazole rings is 1. The molecule has 0 unspecified atom stereocenters. The predicted octanol–water partition coefficient (Wildman–Crippen LogP) is 0.424. The minimum Gasteiger partial charge on any atom is -0.484 e. The van der Waals surface area contributed by atoms with Crippen LogP contribution in [0.4, 0.5) is 0 Å². The van der Waals surface area contributed by atoms with Crippen molar-refractivity contribution in [1.29, 1.82) is 0 Å². The van der Waals surface area contributed by atoms with E-state index in [1.807, 2.05) is 0 Å². The average molecular weight is 642 g/mol. The third kappa shape index (κ3) is 11.6. The molecule has 0 aliphatic rings. The molecule has 0 bridgehead atoms. The molecule has 242 valence electrons. The van der Waals surface area contributed by atoms with Gasteiger partial charge in [0.05, 0.1) is 11.1 Å². The number of amides is 4. The zero-order chi connectivity index (χ0) is 32.6. The summed E-state index contributed by atoms with van der Waals surface area (Å²) in [4.78, 5) is 60.5. The van der Waals surface area contributed by atoms with E-state index in [-0.39, 0.29) is 32.0 Å². The number of nitrogens with zero attached hydrogens (tertiary/aromatic N) is 2. The van der Waals surface area contributed by atoms with Crippen LogP contribution in [0.5, 0.6) is 5.75 Å². The Balaban J connectivity index is 1.71. The van der Waals surface area contributed by atoms with Gasteiger partial charge in [-0.3, -0.25) is 24.2 Å². The molecule has 0 aliphatic carbocycles. The summed E-state index contributed by atoms with van der Waals surface area (Å²) < 4.78 is 10.8. The van der Waals surface area contributed by atoms with Crippen molar-refractivity contribution < 1.29 is 28.3 Å². The lowest BCUT2D eigenvalue weighted by atomic mass is 10.0. The van der Waals surface area contributed by atoms with Crippen LogP contribution in [0.25, 0.3) is 0 Å². The van der Waals surface area contributed by atoms with Crippen LogP contribution in [0, 0.1) is 0 Å². The van der Waals surface area contributed by atoms with Gasteiger partial charge in [0, 0.05) is 6.54 Å². The van der Waals surface area contributed by atoms with Crippen molar-refractivity contribution in [3.63, 3.8) is 0 Å². The number of primary amides is 1. The van der Waals surface area contributed by atoms with Crippen LogP contribution in [-0.2, 0) is 21.0 Å².